The van der Waals surface area contributed by atoms with Crippen LogP contribution in [0.1, 0.15) is 12.2 Å². The minimum absolute atomic E-state index is 0.172. The molecule has 2 N–H and O–H groups in total. The zero-order chi connectivity index (χ0) is 15.2. The van der Waals surface area contributed by atoms with Gasteiger partial charge in [-0.2, -0.15) is 0 Å². The van der Waals surface area contributed by atoms with Gasteiger partial charge in [0.25, 0.3) is 0 Å². The second-order valence-electron chi connectivity index (χ2n) is 5.11. The number of carbonyl (C=O) groups excluding carboxylic acids is 1. The third-order valence-electron chi connectivity index (χ3n) is 3.54. The predicted octanol–water partition coefficient (Wildman–Crippen LogP) is 3.12. The van der Waals surface area contributed by atoms with Crippen LogP contribution in [-0.2, 0) is 13.1 Å². The number of furan rings is 1. The molecule has 2 heterocycles. The summed E-state index contributed by atoms with van der Waals surface area (Å²) in [5.41, 5.74) is 1.23. The van der Waals surface area contributed by atoms with E-state index >= 15 is 0 Å². The Hall–Kier alpha value is -2.69. The number of fused-ring (bicyclic) bond motifs is 1. The van der Waals surface area contributed by atoms with Crippen molar-refractivity contribution in [3.8, 4) is 0 Å². The van der Waals surface area contributed by atoms with Crippen molar-refractivity contribution in [3.05, 3.63) is 60.7 Å². The maximum absolute atomic E-state index is 11.6. The highest BCUT2D eigenvalue weighted by atomic mass is 16.3. The number of nitrogens with zero attached hydrogens (tertiary/aromatic N) is 1. The summed E-state index contributed by atoms with van der Waals surface area (Å²) in [6.45, 7) is 1.92. The van der Waals surface area contributed by atoms with Crippen molar-refractivity contribution >= 4 is 16.9 Å². The van der Waals surface area contributed by atoms with Gasteiger partial charge in [-0.05, 0) is 36.1 Å². The molecule has 0 atom stereocenters. The fourth-order valence-corrected chi connectivity index (χ4v) is 2.43. The Morgan fingerprint density at radius 3 is 2.86 bits per heavy atom. The fourth-order valence-electron chi connectivity index (χ4n) is 2.43. The number of carbonyl (C=O) groups is 1. The summed E-state index contributed by atoms with van der Waals surface area (Å²) in [4.78, 5) is 11.6. The molecular weight excluding hydrogens is 278 g/mol. The number of para-hydroxylation sites is 1. The topological polar surface area (TPSA) is 59.2 Å². The van der Waals surface area contributed by atoms with E-state index in [9.17, 15) is 4.79 Å². The number of aryl methyl sites for hydroxylation is 1. The van der Waals surface area contributed by atoms with Gasteiger partial charge in [0.15, 0.2) is 0 Å². The predicted molar refractivity (Wildman–Crippen MR) is 85.5 cm³/mol. The van der Waals surface area contributed by atoms with E-state index in [1.165, 1.54) is 10.9 Å². The summed E-state index contributed by atoms with van der Waals surface area (Å²) in [6, 6.07) is 13.9. The number of hydrogen-bond acceptors (Lipinski definition) is 2. The van der Waals surface area contributed by atoms with Crippen LogP contribution in [0.5, 0.6) is 0 Å². The van der Waals surface area contributed by atoms with Crippen LogP contribution in [0.25, 0.3) is 10.9 Å². The van der Waals surface area contributed by atoms with Crippen LogP contribution in [0.2, 0.25) is 0 Å². The molecule has 2 aromatic heterocycles. The van der Waals surface area contributed by atoms with Crippen LogP contribution >= 0.6 is 0 Å². The summed E-state index contributed by atoms with van der Waals surface area (Å²) in [6.07, 6.45) is 4.56. The molecule has 5 nitrogen and oxygen atoms in total. The molecule has 0 spiro atoms. The van der Waals surface area contributed by atoms with Crippen molar-refractivity contribution in [2.75, 3.05) is 6.54 Å². The smallest absolute Gasteiger partial charge is 0.315 e. The van der Waals surface area contributed by atoms with E-state index in [4.69, 9.17) is 4.42 Å². The Balaban J connectivity index is 1.39. The molecule has 3 aromatic rings. The molecule has 0 saturated heterocycles. The fraction of sp³-hybridized carbons (Fsp3) is 0.235. The van der Waals surface area contributed by atoms with Crippen LogP contribution in [-0.4, -0.2) is 17.1 Å². The third-order valence-corrected chi connectivity index (χ3v) is 3.54. The first kappa shape index (κ1) is 14.3. The van der Waals surface area contributed by atoms with Crippen LogP contribution in [0.15, 0.2) is 59.3 Å². The van der Waals surface area contributed by atoms with Gasteiger partial charge in [0.1, 0.15) is 5.76 Å². The Labute approximate surface area is 128 Å². The van der Waals surface area contributed by atoms with Crippen molar-refractivity contribution in [3.63, 3.8) is 0 Å². The van der Waals surface area contributed by atoms with Crippen molar-refractivity contribution in [2.24, 2.45) is 0 Å². The highest BCUT2D eigenvalue weighted by Gasteiger charge is 2.02. The van der Waals surface area contributed by atoms with Crippen molar-refractivity contribution in [1.29, 1.82) is 0 Å². The normalized spacial score (nSPS) is 10.7. The molecule has 0 bridgehead atoms. The highest BCUT2D eigenvalue weighted by molar-refractivity contribution is 5.79. The van der Waals surface area contributed by atoms with Crippen LogP contribution in [0.4, 0.5) is 4.79 Å². The Kier molecular flexibility index (Phi) is 4.44. The van der Waals surface area contributed by atoms with E-state index in [0.717, 1.165) is 18.7 Å². The number of aromatic nitrogens is 1. The van der Waals surface area contributed by atoms with E-state index in [1.54, 1.807) is 12.3 Å². The summed E-state index contributed by atoms with van der Waals surface area (Å²) >= 11 is 0. The van der Waals surface area contributed by atoms with Gasteiger partial charge in [-0.1, -0.05) is 18.2 Å². The number of benzene rings is 1. The standard InChI is InChI=1S/C17H19N3O2/c21-17(19-13-15-6-3-12-22-15)18-9-4-10-20-11-8-14-5-1-2-7-16(14)20/h1-3,5-8,11-12H,4,9-10,13H2,(H2,18,19,21). The molecule has 0 unspecified atom stereocenters. The first-order valence-electron chi connectivity index (χ1n) is 7.41. The van der Waals surface area contributed by atoms with Gasteiger partial charge >= 0.3 is 6.03 Å². The molecular formula is C17H19N3O2. The summed E-state index contributed by atoms with van der Waals surface area (Å²) in [5.74, 6) is 0.744. The molecule has 0 aliphatic carbocycles. The van der Waals surface area contributed by atoms with Crippen LogP contribution in [0, 0.1) is 0 Å². The first-order valence-corrected chi connectivity index (χ1v) is 7.41. The van der Waals surface area contributed by atoms with E-state index in [1.807, 2.05) is 18.2 Å². The number of hydrogen-bond donors (Lipinski definition) is 2. The third kappa shape index (κ3) is 3.49. The van der Waals surface area contributed by atoms with Gasteiger partial charge in [-0.3, -0.25) is 0 Å². The SMILES string of the molecule is O=C(NCCCn1ccc2ccccc21)NCc1ccco1. The number of rotatable bonds is 6. The first-order chi connectivity index (χ1) is 10.8. The molecule has 3 rings (SSSR count). The maximum Gasteiger partial charge on any atom is 0.315 e. The monoisotopic (exact) mass is 297 g/mol. The molecule has 0 aliphatic heterocycles. The highest BCUT2D eigenvalue weighted by Crippen LogP contribution is 2.15. The van der Waals surface area contributed by atoms with Gasteiger partial charge in [0.05, 0.1) is 12.8 Å². The van der Waals surface area contributed by atoms with Crippen molar-refractivity contribution in [2.45, 2.75) is 19.5 Å². The maximum atomic E-state index is 11.6. The Morgan fingerprint density at radius 2 is 2.00 bits per heavy atom. The van der Waals surface area contributed by atoms with E-state index < -0.39 is 0 Å². The van der Waals surface area contributed by atoms with E-state index in [2.05, 4.69) is 39.6 Å². The molecule has 0 aliphatic rings. The lowest BCUT2D eigenvalue weighted by Gasteiger charge is -2.08. The molecule has 0 fully saturated rings. The van der Waals surface area contributed by atoms with Gasteiger partial charge in [-0.25, -0.2) is 4.79 Å². The lowest BCUT2D eigenvalue weighted by Crippen LogP contribution is -2.35. The van der Waals surface area contributed by atoms with Gasteiger partial charge in [0.2, 0.25) is 0 Å². The lowest BCUT2D eigenvalue weighted by atomic mass is 10.2. The molecule has 22 heavy (non-hydrogen) atoms. The minimum atomic E-state index is -0.172. The number of amides is 2. The van der Waals surface area contributed by atoms with Crippen molar-refractivity contribution in [1.82, 2.24) is 15.2 Å². The number of nitrogens with one attached hydrogen (secondary N) is 2. The van der Waals surface area contributed by atoms with Crippen molar-refractivity contribution < 1.29 is 9.21 Å². The average molecular weight is 297 g/mol. The minimum Gasteiger partial charge on any atom is -0.467 e. The summed E-state index contributed by atoms with van der Waals surface area (Å²) in [7, 11) is 0. The van der Waals surface area contributed by atoms with Crippen LogP contribution < -0.4 is 10.6 Å². The van der Waals surface area contributed by atoms with Gasteiger partial charge in [0, 0.05) is 24.8 Å². The zero-order valence-corrected chi connectivity index (χ0v) is 12.3. The number of urea groups is 1. The Morgan fingerprint density at radius 1 is 1.09 bits per heavy atom. The van der Waals surface area contributed by atoms with E-state index in [-0.39, 0.29) is 6.03 Å². The molecule has 114 valence electrons. The second-order valence-corrected chi connectivity index (χ2v) is 5.11. The summed E-state index contributed by atoms with van der Waals surface area (Å²) in [5, 5.41) is 6.85. The molecule has 2 amide bonds. The Bertz CT molecular complexity index is 731. The zero-order valence-electron chi connectivity index (χ0n) is 12.3. The molecule has 0 saturated carbocycles. The lowest BCUT2D eigenvalue weighted by molar-refractivity contribution is 0.239. The average Bonchev–Trinajstić information content (AvgIpc) is 3.19. The van der Waals surface area contributed by atoms with Gasteiger partial charge < -0.3 is 19.6 Å². The largest absolute Gasteiger partial charge is 0.467 e. The summed E-state index contributed by atoms with van der Waals surface area (Å²) < 4.78 is 7.36. The van der Waals surface area contributed by atoms with Gasteiger partial charge in [-0.15, -0.1) is 0 Å². The molecule has 5 heteroatoms. The molecule has 1 aromatic carbocycles. The second kappa shape index (κ2) is 6.85. The van der Waals surface area contributed by atoms with Crippen LogP contribution in [0.3, 0.4) is 0 Å². The van der Waals surface area contributed by atoms with E-state index in [0.29, 0.717) is 13.1 Å². The molecule has 0 radical (unpaired) electrons. The quantitative estimate of drug-likeness (QED) is 0.687.